The minimum atomic E-state index is -1.09. The van der Waals surface area contributed by atoms with Crippen LogP contribution in [-0.2, 0) is 19.1 Å². The third kappa shape index (κ3) is 4.85. The molecule has 2 aliphatic rings. The Kier molecular flexibility index (Phi) is 6.93. The molecule has 1 fully saturated rings. The number of benzene rings is 2. The summed E-state index contributed by atoms with van der Waals surface area (Å²) >= 11 is 0. The number of hydrogen-bond acceptors (Lipinski definition) is 5. The van der Waals surface area contributed by atoms with Crippen molar-refractivity contribution in [3.63, 3.8) is 0 Å². The first-order valence-electron chi connectivity index (χ1n) is 11.2. The van der Waals surface area contributed by atoms with Crippen molar-refractivity contribution in [2.45, 2.75) is 37.8 Å². The highest BCUT2D eigenvalue weighted by molar-refractivity contribution is 5.82. The summed E-state index contributed by atoms with van der Waals surface area (Å²) in [6, 6.07) is 15.6. The zero-order valence-corrected chi connectivity index (χ0v) is 18.5. The highest BCUT2D eigenvalue weighted by atomic mass is 16.5. The molecule has 0 spiro atoms. The van der Waals surface area contributed by atoms with Gasteiger partial charge in [-0.05, 0) is 35.1 Å². The van der Waals surface area contributed by atoms with Crippen molar-refractivity contribution in [2.75, 3.05) is 19.8 Å². The summed E-state index contributed by atoms with van der Waals surface area (Å²) in [6.07, 6.45) is -0.697. The van der Waals surface area contributed by atoms with Crippen LogP contribution in [0.2, 0.25) is 0 Å². The molecule has 2 aromatic rings. The van der Waals surface area contributed by atoms with Crippen molar-refractivity contribution in [2.24, 2.45) is 5.92 Å². The average Bonchev–Trinajstić information content (AvgIpc) is 3.41. The number of hydrogen-bond donors (Lipinski definition) is 3. The first kappa shape index (κ1) is 22.8. The van der Waals surface area contributed by atoms with E-state index in [-0.39, 0.29) is 31.6 Å². The van der Waals surface area contributed by atoms with E-state index in [2.05, 4.69) is 34.9 Å². The highest BCUT2D eigenvalue weighted by Crippen LogP contribution is 2.44. The summed E-state index contributed by atoms with van der Waals surface area (Å²) in [4.78, 5) is 36.2. The van der Waals surface area contributed by atoms with E-state index in [9.17, 15) is 19.5 Å². The number of amides is 2. The van der Waals surface area contributed by atoms with E-state index in [0.717, 1.165) is 22.3 Å². The van der Waals surface area contributed by atoms with E-state index in [4.69, 9.17) is 9.47 Å². The Morgan fingerprint density at radius 2 is 1.73 bits per heavy atom. The maximum absolute atomic E-state index is 12.6. The number of carbonyl (C=O) groups is 3. The average molecular weight is 453 g/mol. The van der Waals surface area contributed by atoms with Gasteiger partial charge in [0.15, 0.2) is 6.10 Å². The van der Waals surface area contributed by atoms with Gasteiger partial charge in [-0.3, -0.25) is 4.79 Å². The van der Waals surface area contributed by atoms with Crippen LogP contribution in [0, 0.1) is 5.92 Å². The second kappa shape index (κ2) is 10.0. The predicted molar refractivity (Wildman–Crippen MR) is 121 cm³/mol. The molecule has 8 nitrogen and oxygen atoms in total. The van der Waals surface area contributed by atoms with Crippen LogP contribution in [0.1, 0.15) is 36.8 Å². The van der Waals surface area contributed by atoms with Crippen molar-refractivity contribution in [3.05, 3.63) is 59.7 Å². The van der Waals surface area contributed by atoms with E-state index in [0.29, 0.717) is 12.8 Å². The van der Waals surface area contributed by atoms with E-state index < -0.39 is 30.1 Å². The van der Waals surface area contributed by atoms with E-state index in [1.807, 2.05) is 31.2 Å². The molecule has 1 saturated heterocycles. The first-order valence-corrected chi connectivity index (χ1v) is 11.2. The van der Waals surface area contributed by atoms with Gasteiger partial charge >= 0.3 is 12.1 Å². The van der Waals surface area contributed by atoms with Crippen molar-refractivity contribution in [1.82, 2.24) is 10.6 Å². The number of ether oxygens (including phenoxy) is 2. The number of fused-ring (bicyclic) bond motifs is 3. The number of carboxylic acid groups (broad SMARTS) is 1. The summed E-state index contributed by atoms with van der Waals surface area (Å²) in [7, 11) is 0. The third-order valence-corrected chi connectivity index (χ3v) is 6.36. The Hall–Kier alpha value is -3.39. The van der Waals surface area contributed by atoms with Crippen molar-refractivity contribution < 1.29 is 29.0 Å². The fourth-order valence-electron chi connectivity index (χ4n) is 4.56. The molecule has 33 heavy (non-hydrogen) atoms. The van der Waals surface area contributed by atoms with Gasteiger partial charge in [-0.25, -0.2) is 9.59 Å². The number of alkyl carbamates (subject to hydrolysis) is 1. The van der Waals surface area contributed by atoms with Crippen LogP contribution in [0.4, 0.5) is 4.79 Å². The zero-order valence-electron chi connectivity index (χ0n) is 18.5. The molecule has 4 rings (SSSR count). The zero-order chi connectivity index (χ0) is 23.4. The molecule has 1 unspecified atom stereocenters. The fourth-order valence-corrected chi connectivity index (χ4v) is 4.56. The van der Waals surface area contributed by atoms with Gasteiger partial charge < -0.3 is 25.2 Å². The Balaban J connectivity index is 1.30. The quantitative estimate of drug-likeness (QED) is 0.568. The predicted octanol–water partition coefficient (Wildman–Crippen LogP) is 2.91. The third-order valence-electron chi connectivity index (χ3n) is 6.36. The van der Waals surface area contributed by atoms with Crippen LogP contribution in [-0.4, -0.2) is 55.0 Å². The van der Waals surface area contributed by atoms with Crippen LogP contribution < -0.4 is 10.6 Å². The molecule has 0 bridgehead atoms. The molecule has 2 amide bonds. The maximum atomic E-state index is 12.6. The number of carbonyl (C=O) groups excluding carboxylic acids is 2. The molecule has 1 aliphatic heterocycles. The first-order chi connectivity index (χ1) is 16.0. The minimum absolute atomic E-state index is 0.0382. The summed E-state index contributed by atoms with van der Waals surface area (Å²) < 4.78 is 10.7. The molecule has 1 aliphatic carbocycles. The normalized spacial score (nSPS) is 19.9. The van der Waals surface area contributed by atoms with E-state index in [1.54, 1.807) is 0 Å². The SMILES string of the molecule is CCC(CNC(=O)OCC1c2ccccc2-c2ccccc21)C(=O)N[C@@H]1CCO[C@@H]1C(=O)O. The Labute approximate surface area is 192 Å². The smallest absolute Gasteiger partial charge is 0.407 e. The monoisotopic (exact) mass is 452 g/mol. The second-order valence-corrected chi connectivity index (χ2v) is 8.35. The molecule has 3 atom stereocenters. The van der Waals surface area contributed by atoms with Gasteiger partial charge in [0, 0.05) is 19.1 Å². The van der Waals surface area contributed by atoms with Gasteiger partial charge in [0.05, 0.1) is 12.0 Å². The lowest BCUT2D eigenvalue weighted by Gasteiger charge is -2.21. The molecule has 8 heteroatoms. The highest BCUT2D eigenvalue weighted by Gasteiger charge is 2.36. The van der Waals surface area contributed by atoms with E-state index in [1.165, 1.54) is 0 Å². The molecular weight excluding hydrogens is 424 g/mol. The molecule has 2 aromatic carbocycles. The molecule has 0 aromatic heterocycles. The fraction of sp³-hybridized carbons (Fsp3) is 0.400. The Morgan fingerprint density at radius 1 is 1.09 bits per heavy atom. The van der Waals surface area contributed by atoms with Crippen molar-refractivity contribution in [3.8, 4) is 11.1 Å². The van der Waals surface area contributed by atoms with Crippen LogP contribution >= 0.6 is 0 Å². The summed E-state index contributed by atoms with van der Waals surface area (Å²) in [5.74, 6) is -1.94. The van der Waals surface area contributed by atoms with Crippen LogP contribution in [0.5, 0.6) is 0 Å². The van der Waals surface area contributed by atoms with Gasteiger partial charge in [0.25, 0.3) is 0 Å². The van der Waals surface area contributed by atoms with Crippen LogP contribution in [0.15, 0.2) is 48.5 Å². The number of nitrogens with one attached hydrogen (secondary N) is 2. The van der Waals surface area contributed by atoms with Gasteiger partial charge in [0.1, 0.15) is 6.61 Å². The van der Waals surface area contributed by atoms with Gasteiger partial charge in [-0.15, -0.1) is 0 Å². The van der Waals surface area contributed by atoms with E-state index >= 15 is 0 Å². The lowest BCUT2D eigenvalue weighted by Crippen LogP contribution is -2.48. The summed E-state index contributed by atoms with van der Waals surface area (Å²) in [6.45, 7) is 2.42. The minimum Gasteiger partial charge on any atom is -0.479 e. The summed E-state index contributed by atoms with van der Waals surface area (Å²) in [5, 5.41) is 14.6. The van der Waals surface area contributed by atoms with Crippen LogP contribution in [0.25, 0.3) is 11.1 Å². The lowest BCUT2D eigenvalue weighted by molar-refractivity contribution is -0.148. The van der Waals surface area contributed by atoms with Crippen molar-refractivity contribution in [1.29, 1.82) is 0 Å². The molecule has 1 heterocycles. The Bertz CT molecular complexity index is 994. The molecule has 174 valence electrons. The number of rotatable bonds is 8. The molecule has 0 radical (unpaired) electrons. The van der Waals surface area contributed by atoms with Gasteiger partial charge in [0.2, 0.25) is 5.91 Å². The van der Waals surface area contributed by atoms with Gasteiger partial charge in [-0.1, -0.05) is 55.5 Å². The standard InChI is InChI=1S/C25H28N2O6/c1-2-15(23(28)27-21-11-12-32-22(21)24(29)30)13-26-25(31)33-14-20-18-9-5-3-7-16(18)17-8-4-6-10-19(17)20/h3-10,15,20-22H,2,11-14H2,1H3,(H,26,31)(H,27,28)(H,29,30)/t15?,21-,22+/m1/s1. The molecular formula is C25H28N2O6. The summed E-state index contributed by atoms with van der Waals surface area (Å²) in [5.41, 5.74) is 4.56. The molecule has 0 saturated carbocycles. The van der Waals surface area contributed by atoms with Crippen LogP contribution in [0.3, 0.4) is 0 Å². The second-order valence-electron chi connectivity index (χ2n) is 8.35. The largest absolute Gasteiger partial charge is 0.479 e. The topological polar surface area (TPSA) is 114 Å². The number of carboxylic acids is 1. The van der Waals surface area contributed by atoms with Crippen molar-refractivity contribution >= 4 is 18.0 Å². The Morgan fingerprint density at radius 3 is 2.33 bits per heavy atom. The molecule has 3 N–H and O–H groups in total. The lowest BCUT2D eigenvalue weighted by atomic mass is 9.98. The van der Waals surface area contributed by atoms with Gasteiger partial charge in [-0.2, -0.15) is 0 Å². The number of aliphatic carboxylic acids is 1. The maximum Gasteiger partial charge on any atom is 0.407 e.